The standard InChI is InChI=1S/C15H17N5OS/c1-3-10-7-11-14(16-8-17-15(11)22-10)20-6-4-5-12(20)13-18-9(2)21-19-13/h7-8,12H,3-6H2,1-2H3/t12-/m1/s1. The number of thiophene rings is 1. The minimum atomic E-state index is 0.139. The molecule has 0 amide bonds. The number of hydrogen-bond acceptors (Lipinski definition) is 7. The van der Waals surface area contributed by atoms with E-state index in [-0.39, 0.29) is 6.04 Å². The summed E-state index contributed by atoms with van der Waals surface area (Å²) in [5.41, 5.74) is 0. The van der Waals surface area contributed by atoms with Crippen molar-refractivity contribution in [3.63, 3.8) is 0 Å². The zero-order valence-corrected chi connectivity index (χ0v) is 13.4. The van der Waals surface area contributed by atoms with Crippen molar-refractivity contribution >= 4 is 27.4 Å². The Morgan fingerprint density at radius 3 is 3.09 bits per heavy atom. The zero-order chi connectivity index (χ0) is 15.1. The molecule has 0 radical (unpaired) electrons. The normalized spacial score (nSPS) is 18.5. The summed E-state index contributed by atoms with van der Waals surface area (Å²) in [7, 11) is 0. The molecule has 114 valence electrons. The Morgan fingerprint density at radius 1 is 1.41 bits per heavy atom. The highest BCUT2D eigenvalue weighted by Gasteiger charge is 2.32. The van der Waals surface area contributed by atoms with Crippen molar-refractivity contribution in [2.75, 3.05) is 11.4 Å². The molecule has 4 rings (SSSR count). The largest absolute Gasteiger partial charge is 0.346 e. The van der Waals surface area contributed by atoms with Crippen LogP contribution in [-0.2, 0) is 6.42 Å². The molecule has 0 aromatic carbocycles. The molecule has 0 N–H and O–H groups in total. The van der Waals surface area contributed by atoms with E-state index in [0.717, 1.165) is 47.7 Å². The Bertz CT molecular complexity index is 811. The summed E-state index contributed by atoms with van der Waals surface area (Å²) in [6.45, 7) is 4.95. The third-order valence-electron chi connectivity index (χ3n) is 4.07. The molecule has 6 nitrogen and oxygen atoms in total. The number of rotatable bonds is 3. The molecule has 0 aliphatic carbocycles. The van der Waals surface area contributed by atoms with Crippen LogP contribution in [0, 0.1) is 6.92 Å². The van der Waals surface area contributed by atoms with E-state index in [9.17, 15) is 0 Å². The van der Waals surface area contributed by atoms with Gasteiger partial charge in [0.15, 0.2) is 5.82 Å². The minimum Gasteiger partial charge on any atom is -0.346 e. The molecule has 3 aromatic heterocycles. The summed E-state index contributed by atoms with van der Waals surface area (Å²) in [5.74, 6) is 2.36. The molecule has 0 saturated carbocycles. The Labute approximate surface area is 132 Å². The highest BCUT2D eigenvalue weighted by atomic mass is 32.1. The number of aromatic nitrogens is 4. The van der Waals surface area contributed by atoms with Gasteiger partial charge in [-0.2, -0.15) is 4.98 Å². The molecule has 1 saturated heterocycles. The highest BCUT2D eigenvalue weighted by Crippen LogP contribution is 2.38. The number of anilines is 1. The smallest absolute Gasteiger partial charge is 0.223 e. The Balaban J connectivity index is 1.78. The van der Waals surface area contributed by atoms with Gasteiger partial charge in [-0.1, -0.05) is 12.1 Å². The van der Waals surface area contributed by atoms with Crippen LogP contribution in [0.15, 0.2) is 16.9 Å². The molecular formula is C15H17N5OS. The first kappa shape index (κ1) is 13.6. The third-order valence-corrected chi connectivity index (χ3v) is 5.26. The average molecular weight is 315 g/mol. The number of fused-ring (bicyclic) bond motifs is 1. The fraction of sp³-hybridized carbons (Fsp3) is 0.467. The van der Waals surface area contributed by atoms with E-state index in [1.54, 1.807) is 17.7 Å². The fourth-order valence-electron chi connectivity index (χ4n) is 3.04. The summed E-state index contributed by atoms with van der Waals surface area (Å²) in [6.07, 6.45) is 4.81. The summed E-state index contributed by atoms with van der Waals surface area (Å²) >= 11 is 1.74. The number of nitrogens with zero attached hydrogens (tertiary/aromatic N) is 5. The lowest BCUT2D eigenvalue weighted by atomic mass is 10.2. The van der Waals surface area contributed by atoms with Crippen LogP contribution in [0.5, 0.6) is 0 Å². The van der Waals surface area contributed by atoms with Gasteiger partial charge in [-0.15, -0.1) is 11.3 Å². The second-order valence-electron chi connectivity index (χ2n) is 5.51. The van der Waals surface area contributed by atoms with Crippen molar-refractivity contribution < 1.29 is 4.52 Å². The van der Waals surface area contributed by atoms with Crippen LogP contribution < -0.4 is 4.90 Å². The highest BCUT2D eigenvalue weighted by molar-refractivity contribution is 7.18. The van der Waals surface area contributed by atoms with E-state index < -0.39 is 0 Å². The first-order valence-corrected chi connectivity index (χ1v) is 8.38. The molecule has 0 spiro atoms. The maximum absolute atomic E-state index is 5.15. The lowest BCUT2D eigenvalue weighted by Crippen LogP contribution is -2.24. The third kappa shape index (κ3) is 2.16. The molecule has 1 aliphatic rings. The van der Waals surface area contributed by atoms with Crippen LogP contribution in [0.2, 0.25) is 0 Å². The van der Waals surface area contributed by atoms with Crippen molar-refractivity contribution in [1.82, 2.24) is 20.1 Å². The quantitative estimate of drug-likeness (QED) is 0.739. The number of aryl methyl sites for hydroxylation is 2. The SMILES string of the molecule is CCc1cc2c(N3CCC[C@@H]3c3noc(C)n3)ncnc2s1. The first-order chi connectivity index (χ1) is 10.8. The van der Waals surface area contributed by atoms with E-state index in [4.69, 9.17) is 4.52 Å². The van der Waals surface area contributed by atoms with Gasteiger partial charge < -0.3 is 9.42 Å². The number of hydrogen-bond donors (Lipinski definition) is 0. The summed E-state index contributed by atoms with van der Waals surface area (Å²) in [6, 6.07) is 2.35. The molecule has 7 heteroatoms. The van der Waals surface area contributed by atoms with Crippen LogP contribution in [0.25, 0.3) is 10.2 Å². The molecule has 3 aromatic rings. The Kier molecular flexibility index (Phi) is 3.29. The fourth-order valence-corrected chi connectivity index (χ4v) is 3.96. The van der Waals surface area contributed by atoms with Crippen LogP contribution >= 0.6 is 11.3 Å². The lowest BCUT2D eigenvalue weighted by molar-refractivity contribution is 0.383. The monoisotopic (exact) mass is 315 g/mol. The average Bonchev–Trinajstić information content (AvgIpc) is 3.24. The van der Waals surface area contributed by atoms with Gasteiger partial charge in [0.25, 0.3) is 0 Å². The van der Waals surface area contributed by atoms with Crippen molar-refractivity contribution in [3.8, 4) is 0 Å². The van der Waals surface area contributed by atoms with Gasteiger partial charge in [0.1, 0.15) is 17.0 Å². The van der Waals surface area contributed by atoms with Crippen LogP contribution in [-0.4, -0.2) is 26.7 Å². The van der Waals surface area contributed by atoms with Gasteiger partial charge in [0.2, 0.25) is 5.89 Å². The molecule has 1 atom stereocenters. The molecule has 0 unspecified atom stereocenters. The van der Waals surface area contributed by atoms with E-state index in [2.05, 4.69) is 38.0 Å². The molecule has 22 heavy (non-hydrogen) atoms. The van der Waals surface area contributed by atoms with E-state index >= 15 is 0 Å². The van der Waals surface area contributed by atoms with Crippen molar-refractivity contribution in [2.45, 2.75) is 39.2 Å². The predicted octanol–water partition coefficient (Wildman–Crippen LogP) is 3.29. The molecule has 1 fully saturated rings. The maximum Gasteiger partial charge on any atom is 0.223 e. The van der Waals surface area contributed by atoms with E-state index in [0.29, 0.717) is 5.89 Å². The summed E-state index contributed by atoms with van der Waals surface area (Å²) in [4.78, 5) is 18.1. The van der Waals surface area contributed by atoms with Crippen molar-refractivity contribution in [2.24, 2.45) is 0 Å². The Morgan fingerprint density at radius 2 is 2.32 bits per heavy atom. The summed E-state index contributed by atoms with van der Waals surface area (Å²) < 4.78 is 5.15. The van der Waals surface area contributed by atoms with Gasteiger partial charge >= 0.3 is 0 Å². The van der Waals surface area contributed by atoms with Gasteiger partial charge in [0.05, 0.1) is 11.4 Å². The molecule has 4 heterocycles. The van der Waals surface area contributed by atoms with Crippen LogP contribution in [0.4, 0.5) is 5.82 Å². The van der Waals surface area contributed by atoms with E-state index in [1.165, 1.54) is 4.88 Å². The van der Waals surface area contributed by atoms with Crippen molar-refractivity contribution in [1.29, 1.82) is 0 Å². The van der Waals surface area contributed by atoms with Gasteiger partial charge in [0, 0.05) is 18.3 Å². The summed E-state index contributed by atoms with van der Waals surface area (Å²) in [5, 5.41) is 5.24. The van der Waals surface area contributed by atoms with Gasteiger partial charge in [-0.05, 0) is 25.3 Å². The maximum atomic E-state index is 5.15. The second kappa shape index (κ2) is 5.31. The van der Waals surface area contributed by atoms with Crippen LogP contribution in [0.1, 0.15) is 42.4 Å². The molecular weight excluding hydrogens is 298 g/mol. The lowest BCUT2D eigenvalue weighted by Gasteiger charge is -2.23. The molecule has 1 aliphatic heterocycles. The van der Waals surface area contributed by atoms with Crippen molar-refractivity contribution in [3.05, 3.63) is 29.0 Å². The second-order valence-corrected chi connectivity index (χ2v) is 6.62. The predicted molar refractivity (Wildman–Crippen MR) is 85.1 cm³/mol. The van der Waals surface area contributed by atoms with Crippen LogP contribution in [0.3, 0.4) is 0 Å². The zero-order valence-electron chi connectivity index (χ0n) is 12.6. The van der Waals surface area contributed by atoms with E-state index in [1.807, 2.05) is 6.92 Å². The Hall–Kier alpha value is -2.02. The van der Waals surface area contributed by atoms with Gasteiger partial charge in [-0.25, -0.2) is 9.97 Å². The minimum absolute atomic E-state index is 0.139. The first-order valence-electron chi connectivity index (χ1n) is 7.56. The topological polar surface area (TPSA) is 67.9 Å². The van der Waals surface area contributed by atoms with Gasteiger partial charge in [-0.3, -0.25) is 0 Å². The molecule has 0 bridgehead atoms.